The lowest BCUT2D eigenvalue weighted by atomic mass is 10.00. The monoisotopic (exact) mass is 425 g/mol. The molecule has 1 aliphatic heterocycles. The molecule has 3 heterocycles. The zero-order chi connectivity index (χ0) is 20.8. The van der Waals surface area contributed by atoms with E-state index in [2.05, 4.69) is 19.9 Å². The fraction of sp³-hybridized carbons (Fsp3) is 0.474. The van der Waals surface area contributed by atoms with Crippen LogP contribution < -0.4 is 0 Å². The standard InChI is InChI=1S/C19H22F3N5OS/c1-3-14-23-18-27(24-14)17(28)16(29-18)15(26-9-7-25(2)8-10-26)12-5-4-6-13(11-12)19(20,21)22/h4-6,11,15,28H,3,7-10H2,1-2H3/t15-/m0/s1. The van der Waals surface area contributed by atoms with Crippen molar-refractivity contribution in [1.82, 2.24) is 24.4 Å². The zero-order valence-corrected chi connectivity index (χ0v) is 17.0. The van der Waals surface area contributed by atoms with Gasteiger partial charge in [0, 0.05) is 32.6 Å². The molecule has 3 aromatic rings. The topological polar surface area (TPSA) is 56.9 Å². The van der Waals surface area contributed by atoms with Crippen LogP contribution in [-0.2, 0) is 12.6 Å². The Morgan fingerprint density at radius 2 is 1.93 bits per heavy atom. The summed E-state index contributed by atoms with van der Waals surface area (Å²) >= 11 is 1.27. The van der Waals surface area contributed by atoms with Gasteiger partial charge in [0.2, 0.25) is 10.8 Å². The van der Waals surface area contributed by atoms with Gasteiger partial charge in [0.05, 0.1) is 16.5 Å². The van der Waals surface area contributed by atoms with E-state index in [0.29, 0.717) is 40.7 Å². The number of alkyl halides is 3. The number of nitrogens with zero attached hydrogens (tertiary/aromatic N) is 5. The van der Waals surface area contributed by atoms with Crippen LogP contribution in [0.1, 0.15) is 34.8 Å². The smallest absolute Gasteiger partial charge is 0.416 e. The first-order chi connectivity index (χ1) is 13.8. The molecule has 29 heavy (non-hydrogen) atoms. The predicted octanol–water partition coefficient (Wildman–Crippen LogP) is 3.41. The average Bonchev–Trinajstić information content (AvgIpc) is 3.23. The van der Waals surface area contributed by atoms with Crippen LogP contribution in [-0.4, -0.2) is 62.7 Å². The number of aromatic nitrogens is 3. The van der Waals surface area contributed by atoms with Crippen molar-refractivity contribution in [3.05, 3.63) is 46.1 Å². The minimum absolute atomic E-state index is 0.0569. The molecule has 156 valence electrons. The molecule has 1 atom stereocenters. The van der Waals surface area contributed by atoms with Crippen LogP contribution >= 0.6 is 11.3 Å². The van der Waals surface area contributed by atoms with E-state index in [-0.39, 0.29) is 5.88 Å². The van der Waals surface area contributed by atoms with E-state index in [1.165, 1.54) is 28.0 Å². The first kappa shape index (κ1) is 20.1. The number of halogens is 3. The van der Waals surface area contributed by atoms with E-state index in [1.54, 1.807) is 6.07 Å². The highest BCUT2D eigenvalue weighted by molar-refractivity contribution is 7.17. The fourth-order valence-corrected chi connectivity index (χ4v) is 4.75. The van der Waals surface area contributed by atoms with Crippen LogP contribution in [0.2, 0.25) is 0 Å². The normalized spacial score (nSPS) is 17.8. The van der Waals surface area contributed by atoms with E-state index < -0.39 is 17.8 Å². The minimum atomic E-state index is -4.42. The van der Waals surface area contributed by atoms with Gasteiger partial charge in [-0.25, -0.2) is 4.98 Å². The molecule has 2 aromatic heterocycles. The number of likely N-dealkylation sites (N-methyl/N-ethyl adjacent to an activating group) is 1. The highest BCUT2D eigenvalue weighted by Crippen LogP contribution is 2.41. The van der Waals surface area contributed by atoms with Gasteiger partial charge in [0.25, 0.3) is 0 Å². The number of rotatable bonds is 4. The molecule has 1 N–H and O–H groups in total. The third-order valence-corrected chi connectivity index (χ3v) is 6.31. The second-order valence-electron chi connectivity index (χ2n) is 7.23. The number of benzene rings is 1. The summed E-state index contributed by atoms with van der Waals surface area (Å²) in [6.07, 6.45) is -3.79. The van der Waals surface area contributed by atoms with Crippen LogP contribution in [0.5, 0.6) is 5.88 Å². The molecule has 1 aromatic carbocycles. The van der Waals surface area contributed by atoms with Gasteiger partial charge in [-0.1, -0.05) is 30.4 Å². The summed E-state index contributed by atoms with van der Waals surface area (Å²) in [7, 11) is 2.02. The first-order valence-electron chi connectivity index (χ1n) is 9.45. The lowest BCUT2D eigenvalue weighted by Crippen LogP contribution is -2.46. The molecule has 0 unspecified atom stereocenters. The Morgan fingerprint density at radius 3 is 2.55 bits per heavy atom. The van der Waals surface area contributed by atoms with Crippen LogP contribution in [0.25, 0.3) is 4.96 Å². The molecular weight excluding hydrogens is 403 g/mol. The maximum absolute atomic E-state index is 13.3. The Balaban J connectivity index is 1.81. The Hall–Kier alpha value is -2.17. The molecule has 1 fully saturated rings. The van der Waals surface area contributed by atoms with Crippen LogP contribution in [0.3, 0.4) is 0 Å². The molecule has 0 bridgehead atoms. The summed E-state index contributed by atoms with van der Waals surface area (Å²) < 4.78 is 41.3. The van der Waals surface area contributed by atoms with Gasteiger partial charge in [-0.2, -0.15) is 17.7 Å². The highest BCUT2D eigenvalue weighted by atomic mass is 32.1. The molecular formula is C19H22F3N5OS. The summed E-state index contributed by atoms with van der Waals surface area (Å²) in [5.41, 5.74) is -0.193. The number of thiazole rings is 1. The van der Waals surface area contributed by atoms with E-state index in [1.807, 2.05) is 14.0 Å². The van der Waals surface area contributed by atoms with Gasteiger partial charge >= 0.3 is 6.18 Å². The molecule has 10 heteroatoms. The van der Waals surface area contributed by atoms with Crippen molar-refractivity contribution in [3.8, 4) is 5.88 Å². The second kappa shape index (κ2) is 7.58. The number of aromatic hydroxyl groups is 1. The van der Waals surface area contributed by atoms with Crippen molar-refractivity contribution in [2.75, 3.05) is 33.2 Å². The van der Waals surface area contributed by atoms with Gasteiger partial charge < -0.3 is 10.0 Å². The minimum Gasteiger partial charge on any atom is -0.492 e. The Morgan fingerprint density at radius 1 is 1.21 bits per heavy atom. The van der Waals surface area contributed by atoms with Crippen LogP contribution in [0.4, 0.5) is 13.2 Å². The Kier molecular flexibility index (Phi) is 5.26. The van der Waals surface area contributed by atoms with Gasteiger partial charge in [-0.3, -0.25) is 4.90 Å². The first-order valence-corrected chi connectivity index (χ1v) is 10.3. The number of aryl methyl sites for hydroxylation is 1. The van der Waals surface area contributed by atoms with Gasteiger partial charge in [-0.05, 0) is 24.7 Å². The maximum Gasteiger partial charge on any atom is 0.416 e. The SMILES string of the molecule is CCc1nc2sc([C@H](c3cccc(C(F)(F)F)c3)N3CCN(C)CC3)c(O)n2n1. The summed E-state index contributed by atoms with van der Waals surface area (Å²) in [5, 5.41) is 15.2. The second-order valence-corrected chi connectivity index (χ2v) is 8.24. The van der Waals surface area contributed by atoms with Gasteiger partial charge in [0.15, 0.2) is 5.82 Å². The molecule has 0 radical (unpaired) electrons. The van der Waals surface area contributed by atoms with Crippen molar-refractivity contribution < 1.29 is 18.3 Å². The molecule has 1 aliphatic rings. The summed E-state index contributed by atoms with van der Waals surface area (Å²) in [6.45, 7) is 4.90. The van der Waals surface area contributed by atoms with Crippen molar-refractivity contribution in [3.63, 3.8) is 0 Å². The molecule has 0 amide bonds. The summed E-state index contributed by atoms with van der Waals surface area (Å²) in [5.74, 6) is 0.562. The van der Waals surface area contributed by atoms with E-state index in [9.17, 15) is 18.3 Å². The highest BCUT2D eigenvalue weighted by Gasteiger charge is 2.34. The Labute approximate surface area is 170 Å². The third kappa shape index (κ3) is 3.84. The lowest BCUT2D eigenvalue weighted by Gasteiger charge is -2.37. The predicted molar refractivity (Wildman–Crippen MR) is 104 cm³/mol. The fourth-order valence-electron chi connectivity index (χ4n) is 3.61. The molecule has 0 saturated carbocycles. The summed E-state index contributed by atoms with van der Waals surface area (Å²) in [4.78, 5) is 9.80. The van der Waals surface area contributed by atoms with Crippen LogP contribution in [0.15, 0.2) is 24.3 Å². The molecule has 0 spiro atoms. The van der Waals surface area contributed by atoms with Crippen molar-refractivity contribution in [2.24, 2.45) is 0 Å². The van der Waals surface area contributed by atoms with E-state index in [4.69, 9.17) is 0 Å². The molecule has 1 saturated heterocycles. The largest absolute Gasteiger partial charge is 0.492 e. The van der Waals surface area contributed by atoms with Crippen molar-refractivity contribution in [2.45, 2.75) is 25.6 Å². The zero-order valence-electron chi connectivity index (χ0n) is 16.1. The van der Waals surface area contributed by atoms with E-state index in [0.717, 1.165) is 19.2 Å². The molecule has 0 aliphatic carbocycles. The number of piperazine rings is 1. The van der Waals surface area contributed by atoms with Gasteiger partial charge in [0.1, 0.15) is 0 Å². The summed E-state index contributed by atoms with van der Waals surface area (Å²) in [6, 6.07) is 4.86. The Bertz CT molecular complexity index is 1010. The number of hydrogen-bond donors (Lipinski definition) is 1. The average molecular weight is 425 g/mol. The quantitative estimate of drug-likeness (QED) is 0.694. The number of fused-ring (bicyclic) bond motifs is 1. The van der Waals surface area contributed by atoms with Gasteiger partial charge in [-0.15, -0.1) is 5.10 Å². The third-order valence-electron chi connectivity index (χ3n) is 5.24. The van der Waals surface area contributed by atoms with Crippen LogP contribution in [0, 0.1) is 0 Å². The lowest BCUT2D eigenvalue weighted by molar-refractivity contribution is -0.137. The molecule has 6 nitrogen and oxygen atoms in total. The maximum atomic E-state index is 13.3. The van der Waals surface area contributed by atoms with Crippen molar-refractivity contribution in [1.29, 1.82) is 0 Å². The van der Waals surface area contributed by atoms with Crippen molar-refractivity contribution >= 4 is 16.3 Å². The number of hydrogen-bond acceptors (Lipinski definition) is 6. The van der Waals surface area contributed by atoms with E-state index >= 15 is 0 Å². The molecule has 4 rings (SSSR count).